The molecule has 0 saturated carbocycles. The van der Waals surface area contributed by atoms with Gasteiger partial charge in [0.25, 0.3) is 0 Å². The first kappa shape index (κ1) is 31.8. The molecule has 38 heavy (non-hydrogen) atoms. The second-order valence-electron chi connectivity index (χ2n) is 9.40. The standard InChI is InChI=1S/C27H21.C5H5.C3H6.2ClH.Zr/c1-18-13-22-15-23-14-19(2)25(21-11-7-4-8-12-21)17-27(23)26(22)16-24(18)20-9-5-3-6-10-20;1-2-4-5-3-1;1-3-2;;;/h3-13,16-17H,15H2,1-2H3;1-5H;1-2H3;2*1H;/q2*-1;;;;+2/p-2. The predicted molar refractivity (Wildman–Crippen MR) is 152 cm³/mol. The average Bonchev–Trinajstić information content (AvgIpc) is 3.55. The van der Waals surface area contributed by atoms with Gasteiger partial charge in [-0.3, -0.25) is 0 Å². The van der Waals surface area contributed by atoms with Gasteiger partial charge in [-0.15, -0.1) is 16.7 Å². The average molecular weight is 615 g/mol. The number of aryl methyl sites for hydroxylation is 2. The maximum atomic E-state index is 3.68. The van der Waals surface area contributed by atoms with Crippen molar-refractivity contribution in [1.29, 1.82) is 0 Å². The molecular weight excluding hydrogens is 583 g/mol. The second kappa shape index (κ2) is 15.2. The van der Waals surface area contributed by atoms with E-state index < -0.39 is 0 Å². The summed E-state index contributed by atoms with van der Waals surface area (Å²) in [5, 5.41) is 0. The van der Waals surface area contributed by atoms with E-state index in [0.29, 0.717) is 0 Å². The van der Waals surface area contributed by atoms with Crippen LogP contribution in [0.4, 0.5) is 0 Å². The van der Waals surface area contributed by atoms with E-state index >= 15 is 0 Å². The van der Waals surface area contributed by atoms with Crippen molar-refractivity contribution in [1.82, 2.24) is 0 Å². The maximum absolute atomic E-state index is 3.68. The monoisotopic (exact) mass is 612 g/mol. The van der Waals surface area contributed by atoms with Gasteiger partial charge < -0.3 is 24.8 Å². The number of halogens is 2. The molecule has 0 aliphatic heterocycles. The topological polar surface area (TPSA) is 0 Å². The SMILES string of the molecule is C[C](C)=[Zr+2].Cc1[c-]c2c(cc1-c1ccccc1)-c1cc(-c3ccccc3)c(C)cc1C2.[Cl-].[Cl-].c1cc[cH-]c1. The van der Waals surface area contributed by atoms with Gasteiger partial charge in [0.2, 0.25) is 0 Å². The van der Waals surface area contributed by atoms with Crippen LogP contribution in [0.5, 0.6) is 0 Å². The van der Waals surface area contributed by atoms with Crippen LogP contribution in [0.2, 0.25) is 0 Å². The van der Waals surface area contributed by atoms with E-state index in [-0.39, 0.29) is 24.8 Å². The zero-order valence-corrected chi connectivity index (χ0v) is 26.3. The molecule has 3 heteroatoms. The molecule has 0 unspecified atom stereocenters. The third kappa shape index (κ3) is 8.03. The number of hydrogen-bond donors (Lipinski definition) is 0. The Morgan fingerprint density at radius 2 is 1.18 bits per heavy atom. The van der Waals surface area contributed by atoms with Crippen LogP contribution >= 0.6 is 0 Å². The van der Waals surface area contributed by atoms with Gasteiger partial charge in [-0.2, -0.15) is 35.9 Å². The van der Waals surface area contributed by atoms with Gasteiger partial charge in [-0.05, 0) is 35.6 Å². The van der Waals surface area contributed by atoms with Crippen LogP contribution in [0.25, 0.3) is 33.4 Å². The van der Waals surface area contributed by atoms with Gasteiger partial charge >= 0.3 is 41.3 Å². The summed E-state index contributed by atoms with van der Waals surface area (Å²) in [5.41, 5.74) is 13.2. The molecule has 0 atom stereocenters. The normalized spacial score (nSPS) is 10.3. The molecule has 0 heterocycles. The molecule has 1 aliphatic rings. The molecule has 5 aromatic rings. The van der Waals surface area contributed by atoms with Gasteiger partial charge in [-0.1, -0.05) is 90.8 Å². The van der Waals surface area contributed by atoms with E-state index in [0.717, 1.165) is 6.42 Å². The zero-order chi connectivity index (χ0) is 25.5. The molecule has 1 aliphatic carbocycles. The van der Waals surface area contributed by atoms with Crippen LogP contribution in [-0.2, 0) is 30.7 Å². The maximum Gasteiger partial charge on any atom is -0.0159 e. The summed E-state index contributed by atoms with van der Waals surface area (Å²) < 4.78 is 1.51. The summed E-state index contributed by atoms with van der Waals surface area (Å²) in [6.07, 6.45) is 0.983. The Morgan fingerprint density at radius 3 is 1.68 bits per heavy atom. The minimum atomic E-state index is 0. The Bertz CT molecular complexity index is 1320. The third-order valence-electron chi connectivity index (χ3n) is 6.19. The van der Waals surface area contributed by atoms with Crippen molar-refractivity contribution in [3.05, 3.63) is 138 Å². The van der Waals surface area contributed by atoms with Crippen molar-refractivity contribution < 1.29 is 49.0 Å². The fraction of sp³-hybridized carbons (Fsp3) is 0.143. The molecule has 0 fully saturated rings. The van der Waals surface area contributed by atoms with Crippen molar-refractivity contribution >= 4 is 3.21 Å². The van der Waals surface area contributed by atoms with Crippen molar-refractivity contribution in [2.24, 2.45) is 0 Å². The number of benzene rings is 4. The summed E-state index contributed by atoms with van der Waals surface area (Å²) >= 11 is 1.55. The van der Waals surface area contributed by atoms with E-state index in [1.54, 1.807) is 24.2 Å². The van der Waals surface area contributed by atoms with E-state index in [4.69, 9.17) is 0 Å². The molecule has 0 saturated heterocycles. The summed E-state index contributed by atoms with van der Waals surface area (Å²) in [4.78, 5) is 0. The molecule has 5 aromatic carbocycles. The van der Waals surface area contributed by atoms with Crippen molar-refractivity contribution in [3.8, 4) is 33.4 Å². The number of hydrogen-bond acceptors (Lipinski definition) is 0. The van der Waals surface area contributed by atoms with Crippen molar-refractivity contribution in [2.75, 3.05) is 0 Å². The summed E-state index contributed by atoms with van der Waals surface area (Å²) in [7, 11) is 0. The Hall–Kier alpha value is -2.44. The molecule has 0 amide bonds. The van der Waals surface area contributed by atoms with Crippen LogP contribution < -0.4 is 24.8 Å². The zero-order valence-electron chi connectivity index (χ0n) is 22.4. The Balaban J connectivity index is 0.000000398. The first-order chi connectivity index (χ1) is 17.4. The molecule has 0 bridgehead atoms. The molecule has 0 aromatic heterocycles. The molecule has 0 spiro atoms. The van der Waals surface area contributed by atoms with Gasteiger partial charge in [-0.25, -0.2) is 12.1 Å². The second-order valence-corrected chi connectivity index (χ2v) is 11.9. The van der Waals surface area contributed by atoms with Crippen molar-refractivity contribution in [2.45, 2.75) is 34.1 Å². The molecule has 0 radical (unpaired) electrons. The van der Waals surface area contributed by atoms with Crippen LogP contribution in [0.1, 0.15) is 36.1 Å². The predicted octanol–water partition coefficient (Wildman–Crippen LogP) is 3.17. The summed E-state index contributed by atoms with van der Waals surface area (Å²) in [5.74, 6) is 0. The third-order valence-corrected chi connectivity index (χ3v) is 6.19. The number of fused-ring (bicyclic) bond motifs is 3. The van der Waals surface area contributed by atoms with Crippen LogP contribution in [0, 0.1) is 19.9 Å². The summed E-state index contributed by atoms with van der Waals surface area (Å²) in [6, 6.07) is 42.1. The Morgan fingerprint density at radius 1 is 0.684 bits per heavy atom. The smallest absolute Gasteiger partial charge is 0.0159 e. The van der Waals surface area contributed by atoms with Crippen molar-refractivity contribution in [3.63, 3.8) is 0 Å². The Labute approximate surface area is 255 Å². The minimum Gasteiger partial charge on any atom is -1.00 e. The van der Waals surface area contributed by atoms with Gasteiger partial charge in [0.1, 0.15) is 0 Å². The molecule has 0 N–H and O–H groups in total. The molecule has 6 rings (SSSR count). The molecular formula is C35H32Cl2Zr-2. The van der Waals surface area contributed by atoms with E-state index in [1.165, 1.54) is 58.8 Å². The Kier molecular flexibility index (Phi) is 12.7. The molecule has 192 valence electrons. The molecule has 0 nitrogen and oxygen atoms in total. The first-order valence-electron chi connectivity index (χ1n) is 12.4. The van der Waals surface area contributed by atoms with E-state index in [9.17, 15) is 0 Å². The fourth-order valence-corrected chi connectivity index (χ4v) is 4.60. The van der Waals surface area contributed by atoms with E-state index in [1.807, 2.05) is 30.3 Å². The van der Waals surface area contributed by atoms with Gasteiger partial charge in [0.05, 0.1) is 0 Å². The largest absolute Gasteiger partial charge is 1.00 e. The van der Waals surface area contributed by atoms with Crippen LogP contribution in [-0.4, -0.2) is 3.21 Å². The van der Waals surface area contributed by atoms with Crippen LogP contribution in [0.3, 0.4) is 0 Å². The van der Waals surface area contributed by atoms with Crippen LogP contribution in [0.15, 0.2) is 109 Å². The van der Waals surface area contributed by atoms with Gasteiger partial charge in [0, 0.05) is 0 Å². The summed E-state index contributed by atoms with van der Waals surface area (Å²) in [6.45, 7) is 8.64. The van der Waals surface area contributed by atoms with Gasteiger partial charge in [0.15, 0.2) is 0 Å². The quantitative estimate of drug-likeness (QED) is 0.263. The van der Waals surface area contributed by atoms with E-state index in [2.05, 4.69) is 113 Å². The minimum absolute atomic E-state index is 0. The fourth-order valence-electron chi connectivity index (χ4n) is 4.60. The first-order valence-corrected chi connectivity index (χ1v) is 13.7. The number of rotatable bonds is 2.